The topological polar surface area (TPSA) is 116 Å². The number of carbonyl (C=O) groups excluding carboxylic acids is 2. The molecule has 1 heterocycles. The van der Waals surface area contributed by atoms with Crippen molar-refractivity contribution in [1.29, 1.82) is 0 Å². The molecule has 0 unspecified atom stereocenters. The summed E-state index contributed by atoms with van der Waals surface area (Å²) in [5, 5.41) is 31.4. The molecule has 3 aromatic carbocycles. The molecule has 0 saturated carbocycles. The standard InChI is InChI=1S/C25H20N4O4/c1-29-20-13-7-6-12-18(20)22(25(29)33)27-28-24(32)19(15-17-11-5-8-14-21(17)30)26-23(31)16-9-3-2-4-10-16/h2-15,30,33H,1H3,(H,26,31). The van der Waals surface area contributed by atoms with Gasteiger partial charge < -0.3 is 20.1 Å². The molecule has 0 aliphatic carbocycles. The quantitative estimate of drug-likeness (QED) is 0.309. The highest BCUT2D eigenvalue weighted by atomic mass is 16.3. The number of nitrogens with one attached hydrogen (secondary N) is 1. The number of carbonyl (C=O) groups is 2. The van der Waals surface area contributed by atoms with E-state index in [9.17, 15) is 19.8 Å². The van der Waals surface area contributed by atoms with E-state index in [1.54, 1.807) is 73.8 Å². The number of aromatic nitrogens is 1. The molecule has 0 bridgehead atoms. The zero-order valence-corrected chi connectivity index (χ0v) is 17.6. The fraction of sp³-hybridized carbons (Fsp3) is 0.0400. The number of benzene rings is 3. The molecule has 3 N–H and O–H groups in total. The van der Waals surface area contributed by atoms with E-state index in [2.05, 4.69) is 15.5 Å². The second-order valence-electron chi connectivity index (χ2n) is 7.19. The van der Waals surface area contributed by atoms with E-state index < -0.39 is 11.8 Å². The second-order valence-corrected chi connectivity index (χ2v) is 7.19. The first-order valence-electron chi connectivity index (χ1n) is 10.0. The molecule has 8 nitrogen and oxygen atoms in total. The van der Waals surface area contributed by atoms with Crippen LogP contribution in [0.4, 0.5) is 5.69 Å². The van der Waals surface area contributed by atoms with Crippen LogP contribution in [0.25, 0.3) is 17.0 Å². The van der Waals surface area contributed by atoms with Gasteiger partial charge in [0.1, 0.15) is 11.4 Å². The van der Waals surface area contributed by atoms with Gasteiger partial charge in [-0.15, -0.1) is 10.2 Å². The van der Waals surface area contributed by atoms with Gasteiger partial charge in [-0.1, -0.05) is 54.6 Å². The van der Waals surface area contributed by atoms with E-state index in [0.717, 1.165) is 5.52 Å². The van der Waals surface area contributed by atoms with Crippen LogP contribution in [0.1, 0.15) is 15.9 Å². The van der Waals surface area contributed by atoms with E-state index in [0.29, 0.717) is 16.5 Å². The van der Waals surface area contributed by atoms with Crippen LogP contribution < -0.4 is 5.32 Å². The first-order chi connectivity index (χ1) is 16.0. The van der Waals surface area contributed by atoms with Crippen molar-refractivity contribution in [1.82, 2.24) is 9.88 Å². The van der Waals surface area contributed by atoms with Crippen LogP contribution in [0.3, 0.4) is 0 Å². The minimum absolute atomic E-state index is 0.0691. The van der Waals surface area contributed by atoms with Gasteiger partial charge in [0, 0.05) is 23.6 Å². The fourth-order valence-electron chi connectivity index (χ4n) is 3.31. The number of azo groups is 1. The molecule has 4 rings (SSSR count). The molecule has 164 valence electrons. The molecule has 0 spiro atoms. The Hall–Kier alpha value is -4.72. The number of hydrogen-bond donors (Lipinski definition) is 3. The Morgan fingerprint density at radius 1 is 0.909 bits per heavy atom. The van der Waals surface area contributed by atoms with Gasteiger partial charge in [-0.25, -0.2) is 0 Å². The molecule has 0 aliphatic heterocycles. The summed E-state index contributed by atoms with van der Waals surface area (Å²) >= 11 is 0. The Morgan fingerprint density at radius 2 is 1.58 bits per heavy atom. The molecule has 4 aromatic rings. The van der Waals surface area contributed by atoms with Gasteiger partial charge in [0.05, 0.1) is 5.52 Å². The van der Waals surface area contributed by atoms with Crippen LogP contribution >= 0.6 is 0 Å². The van der Waals surface area contributed by atoms with Crippen molar-refractivity contribution in [2.45, 2.75) is 0 Å². The second kappa shape index (κ2) is 9.19. The summed E-state index contributed by atoms with van der Waals surface area (Å²) in [6, 6.07) is 21.9. The number of para-hydroxylation sites is 2. The maximum atomic E-state index is 12.9. The first kappa shape index (κ1) is 21.5. The van der Waals surface area contributed by atoms with Gasteiger partial charge in [0.2, 0.25) is 5.88 Å². The lowest BCUT2D eigenvalue weighted by atomic mass is 10.1. The third kappa shape index (κ3) is 4.49. The summed E-state index contributed by atoms with van der Waals surface area (Å²) in [5.41, 5.74) is 1.33. The molecule has 33 heavy (non-hydrogen) atoms. The zero-order chi connectivity index (χ0) is 23.4. The van der Waals surface area contributed by atoms with Crippen LogP contribution in [0.5, 0.6) is 11.6 Å². The van der Waals surface area contributed by atoms with Gasteiger partial charge in [-0.05, 0) is 30.3 Å². The van der Waals surface area contributed by atoms with Crippen LogP contribution in [-0.4, -0.2) is 26.6 Å². The van der Waals surface area contributed by atoms with Gasteiger partial charge in [-0.3, -0.25) is 9.59 Å². The molecule has 1 aromatic heterocycles. The van der Waals surface area contributed by atoms with Crippen molar-refractivity contribution in [3.8, 4) is 11.6 Å². The Labute approximate surface area is 189 Å². The minimum Gasteiger partial charge on any atom is -0.507 e. The summed E-state index contributed by atoms with van der Waals surface area (Å²) in [6.07, 6.45) is 1.32. The number of aromatic hydroxyl groups is 2. The highest BCUT2D eigenvalue weighted by Gasteiger charge is 2.17. The summed E-state index contributed by atoms with van der Waals surface area (Å²) in [7, 11) is 1.67. The van der Waals surface area contributed by atoms with Crippen molar-refractivity contribution in [3.05, 3.63) is 95.7 Å². The Balaban J connectivity index is 1.70. The summed E-state index contributed by atoms with van der Waals surface area (Å²) in [4.78, 5) is 25.6. The number of hydrogen-bond acceptors (Lipinski definition) is 5. The number of nitrogens with zero attached hydrogens (tertiary/aromatic N) is 3. The minimum atomic E-state index is -0.852. The molecule has 8 heteroatoms. The normalized spacial score (nSPS) is 11.7. The summed E-state index contributed by atoms with van der Waals surface area (Å²) in [6.45, 7) is 0. The SMILES string of the molecule is Cn1c(O)c(N=NC(=O)C(=Cc2ccccc2O)NC(=O)c2ccccc2)c2ccccc21. The zero-order valence-electron chi connectivity index (χ0n) is 17.6. The van der Waals surface area contributed by atoms with Crippen molar-refractivity contribution >= 4 is 34.5 Å². The van der Waals surface area contributed by atoms with E-state index in [-0.39, 0.29) is 23.0 Å². The molecule has 0 radical (unpaired) electrons. The molecule has 2 amide bonds. The highest BCUT2D eigenvalue weighted by molar-refractivity contribution is 6.06. The molecule has 0 aliphatic rings. The van der Waals surface area contributed by atoms with Crippen LogP contribution in [-0.2, 0) is 11.8 Å². The average molecular weight is 440 g/mol. The summed E-state index contributed by atoms with van der Waals surface area (Å²) < 4.78 is 1.53. The monoisotopic (exact) mass is 440 g/mol. The van der Waals surface area contributed by atoms with Crippen LogP contribution in [0.2, 0.25) is 0 Å². The van der Waals surface area contributed by atoms with E-state index in [4.69, 9.17) is 0 Å². The Kier molecular flexibility index (Phi) is 5.99. The van der Waals surface area contributed by atoms with Gasteiger partial charge in [0.15, 0.2) is 5.69 Å². The average Bonchev–Trinajstić information content (AvgIpc) is 3.08. The van der Waals surface area contributed by atoms with Gasteiger partial charge >= 0.3 is 5.91 Å². The smallest absolute Gasteiger partial charge is 0.311 e. The lowest BCUT2D eigenvalue weighted by Crippen LogP contribution is -2.26. The number of amides is 2. The molecular weight excluding hydrogens is 420 g/mol. The Morgan fingerprint density at radius 3 is 2.33 bits per heavy atom. The summed E-state index contributed by atoms with van der Waals surface area (Å²) in [5.74, 6) is -1.59. The lowest BCUT2D eigenvalue weighted by molar-refractivity contribution is -0.115. The molecule has 0 saturated heterocycles. The van der Waals surface area contributed by atoms with Crippen molar-refractivity contribution < 1.29 is 19.8 Å². The van der Waals surface area contributed by atoms with E-state index in [1.807, 2.05) is 6.07 Å². The Bertz CT molecular complexity index is 1400. The number of phenols is 1. The van der Waals surface area contributed by atoms with Crippen molar-refractivity contribution in [3.63, 3.8) is 0 Å². The fourth-order valence-corrected chi connectivity index (χ4v) is 3.31. The van der Waals surface area contributed by atoms with Gasteiger partial charge in [0.25, 0.3) is 5.91 Å². The number of rotatable bonds is 5. The number of fused-ring (bicyclic) bond motifs is 1. The van der Waals surface area contributed by atoms with Gasteiger partial charge in [-0.2, -0.15) is 0 Å². The number of phenolic OH excluding ortho intramolecular Hbond substituents is 1. The third-order valence-electron chi connectivity index (χ3n) is 5.04. The maximum absolute atomic E-state index is 12.9. The largest absolute Gasteiger partial charge is 0.507 e. The molecular formula is C25H20N4O4. The van der Waals surface area contributed by atoms with E-state index >= 15 is 0 Å². The van der Waals surface area contributed by atoms with Crippen molar-refractivity contribution in [2.75, 3.05) is 0 Å². The predicted octanol–water partition coefficient (Wildman–Crippen LogP) is 4.67. The van der Waals surface area contributed by atoms with E-state index in [1.165, 1.54) is 16.7 Å². The van der Waals surface area contributed by atoms with Crippen LogP contribution in [0.15, 0.2) is 94.8 Å². The molecule has 0 atom stereocenters. The van der Waals surface area contributed by atoms with Crippen LogP contribution in [0, 0.1) is 0 Å². The molecule has 0 fully saturated rings. The first-order valence-corrected chi connectivity index (χ1v) is 10.0. The lowest BCUT2D eigenvalue weighted by Gasteiger charge is -2.07. The van der Waals surface area contributed by atoms with Crippen molar-refractivity contribution in [2.24, 2.45) is 17.3 Å². The maximum Gasteiger partial charge on any atom is 0.311 e. The number of aryl methyl sites for hydroxylation is 1. The highest BCUT2D eigenvalue weighted by Crippen LogP contribution is 2.37. The third-order valence-corrected chi connectivity index (χ3v) is 5.04. The predicted molar refractivity (Wildman–Crippen MR) is 124 cm³/mol.